The summed E-state index contributed by atoms with van der Waals surface area (Å²) < 4.78 is 5.20. The molecule has 27 heavy (non-hydrogen) atoms. The van der Waals surface area contributed by atoms with Crippen molar-refractivity contribution in [1.29, 1.82) is 0 Å². The summed E-state index contributed by atoms with van der Waals surface area (Å²) in [6.45, 7) is 3.85. The summed E-state index contributed by atoms with van der Waals surface area (Å²) in [7, 11) is 1.64. The Kier molecular flexibility index (Phi) is 7.05. The molecule has 0 aliphatic carbocycles. The molecule has 0 saturated carbocycles. The van der Waals surface area contributed by atoms with Gasteiger partial charge in [-0.05, 0) is 60.8 Å². The molecule has 1 N–H and O–H groups in total. The summed E-state index contributed by atoms with van der Waals surface area (Å²) >= 11 is 0. The van der Waals surface area contributed by atoms with Gasteiger partial charge in [-0.2, -0.15) is 0 Å². The molecule has 4 heteroatoms. The van der Waals surface area contributed by atoms with Gasteiger partial charge in [-0.25, -0.2) is 0 Å². The van der Waals surface area contributed by atoms with E-state index >= 15 is 0 Å². The van der Waals surface area contributed by atoms with Crippen molar-refractivity contribution < 1.29 is 9.53 Å². The Labute approximate surface area is 161 Å². The third kappa shape index (κ3) is 5.97. The van der Waals surface area contributed by atoms with Crippen LogP contribution in [0.2, 0.25) is 0 Å². The summed E-state index contributed by atoms with van der Waals surface area (Å²) in [6, 6.07) is 16.0. The topological polar surface area (TPSA) is 41.6 Å². The lowest BCUT2D eigenvalue weighted by Gasteiger charge is -2.27. The number of methoxy groups -OCH3 is 1. The monoisotopic (exact) mass is 364 g/mol. The number of likely N-dealkylation sites (tertiary alicyclic amines) is 1. The van der Waals surface area contributed by atoms with Crippen LogP contribution in [0.4, 0.5) is 0 Å². The molecule has 0 aromatic heterocycles. The molecule has 1 amide bonds. The third-order valence-electron chi connectivity index (χ3n) is 4.94. The highest BCUT2D eigenvalue weighted by molar-refractivity contribution is 5.91. The molecule has 1 saturated heterocycles. The van der Waals surface area contributed by atoms with Crippen molar-refractivity contribution in [2.75, 3.05) is 20.2 Å². The lowest BCUT2D eigenvalue weighted by molar-refractivity contribution is -0.116. The Morgan fingerprint density at radius 2 is 1.85 bits per heavy atom. The summed E-state index contributed by atoms with van der Waals surface area (Å²) in [5, 5.41) is 3.00. The Balaban J connectivity index is 1.56. The molecule has 2 aromatic rings. The van der Waals surface area contributed by atoms with Crippen LogP contribution in [-0.2, 0) is 17.9 Å². The lowest BCUT2D eigenvalue weighted by atomic mass is 10.0. The SMILES string of the molecule is COc1cccc(/C=C/C(=O)NCc2ccccc2CN2CCCCC2)c1. The molecule has 0 unspecified atom stereocenters. The lowest BCUT2D eigenvalue weighted by Crippen LogP contribution is -2.30. The van der Waals surface area contributed by atoms with E-state index in [-0.39, 0.29) is 5.91 Å². The van der Waals surface area contributed by atoms with E-state index in [2.05, 4.69) is 28.4 Å². The fourth-order valence-electron chi connectivity index (χ4n) is 3.40. The Morgan fingerprint density at radius 1 is 1.07 bits per heavy atom. The van der Waals surface area contributed by atoms with Gasteiger partial charge in [-0.15, -0.1) is 0 Å². The van der Waals surface area contributed by atoms with Crippen molar-refractivity contribution in [3.8, 4) is 5.75 Å². The highest BCUT2D eigenvalue weighted by Crippen LogP contribution is 2.16. The van der Waals surface area contributed by atoms with Gasteiger partial charge in [0, 0.05) is 19.2 Å². The maximum absolute atomic E-state index is 12.2. The van der Waals surface area contributed by atoms with Gasteiger partial charge in [0.1, 0.15) is 5.75 Å². The van der Waals surface area contributed by atoms with Crippen molar-refractivity contribution >= 4 is 12.0 Å². The zero-order chi connectivity index (χ0) is 18.9. The Morgan fingerprint density at radius 3 is 2.63 bits per heavy atom. The number of carbonyl (C=O) groups excluding carboxylic acids is 1. The highest BCUT2D eigenvalue weighted by Gasteiger charge is 2.12. The minimum Gasteiger partial charge on any atom is -0.497 e. The summed E-state index contributed by atoms with van der Waals surface area (Å²) in [5.41, 5.74) is 3.43. The van der Waals surface area contributed by atoms with Crippen LogP contribution in [0.1, 0.15) is 36.0 Å². The first-order valence-corrected chi connectivity index (χ1v) is 9.64. The zero-order valence-electron chi connectivity index (χ0n) is 16.0. The van der Waals surface area contributed by atoms with Crippen LogP contribution in [0.5, 0.6) is 5.75 Å². The molecule has 1 fully saturated rings. The number of benzene rings is 2. The van der Waals surface area contributed by atoms with E-state index < -0.39 is 0 Å². The molecule has 0 radical (unpaired) electrons. The number of amides is 1. The molecule has 1 heterocycles. The molecule has 0 bridgehead atoms. The maximum Gasteiger partial charge on any atom is 0.244 e. The van der Waals surface area contributed by atoms with Crippen LogP contribution in [0.3, 0.4) is 0 Å². The normalized spacial score (nSPS) is 15.0. The predicted molar refractivity (Wildman–Crippen MR) is 109 cm³/mol. The second kappa shape index (κ2) is 9.93. The fourth-order valence-corrected chi connectivity index (χ4v) is 3.40. The first-order valence-electron chi connectivity index (χ1n) is 9.64. The smallest absolute Gasteiger partial charge is 0.244 e. The van der Waals surface area contributed by atoms with E-state index in [1.54, 1.807) is 19.3 Å². The number of rotatable bonds is 7. The zero-order valence-corrected chi connectivity index (χ0v) is 16.0. The third-order valence-corrected chi connectivity index (χ3v) is 4.94. The molecular formula is C23H28N2O2. The van der Waals surface area contributed by atoms with Gasteiger partial charge in [-0.3, -0.25) is 9.69 Å². The van der Waals surface area contributed by atoms with Gasteiger partial charge in [0.15, 0.2) is 0 Å². The number of piperidine rings is 1. The van der Waals surface area contributed by atoms with E-state index in [1.807, 2.05) is 30.3 Å². The summed E-state index contributed by atoms with van der Waals surface area (Å²) in [5.74, 6) is 0.690. The van der Waals surface area contributed by atoms with Gasteiger partial charge in [0.25, 0.3) is 0 Å². The van der Waals surface area contributed by atoms with Crippen LogP contribution in [-0.4, -0.2) is 31.0 Å². The number of nitrogens with zero attached hydrogens (tertiary/aromatic N) is 1. The molecule has 4 nitrogen and oxygen atoms in total. The van der Waals surface area contributed by atoms with E-state index in [4.69, 9.17) is 4.74 Å². The molecule has 2 aromatic carbocycles. The van der Waals surface area contributed by atoms with Crippen molar-refractivity contribution in [3.63, 3.8) is 0 Å². The van der Waals surface area contributed by atoms with Gasteiger partial charge in [0.2, 0.25) is 5.91 Å². The first-order chi connectivity index (χ1) is 13.2. The van der Waals surface area contributed by atoms with Crippen molar-refractivity contribution in [3.05, 3.63) is 71.3 Å². The predicted octanol–water partition coefficient (Wildman–Crippen LogP) is 4.01. The van der Waals surface area contributed by atoms with Crippen LogP contribution in [0.15, 0.2) is 54.6 Å². The number of hydrogen-bond donors (Lipinski definition) is 1. The largest absolute Gasteiger partial charge is 0.497 e. The van der Waals surface area contributed by atoms with Gasteiger partial charge in [-0.1, -0.05) is 42.8 Å². The fraction of sp³-hybridized carbons (Fsp3) is 0.348. The molecule has 0 spiro atoms. The second-order valence-corrected chi connectivity index (χ2v) is 6.93. The van der Waals surface area contributed by atoms with Gasteiger partial charge in [0.05, 0.1) is 7.11 Å². The van der Waals surface area contributed by atoms with E-state index in [1.165, 1.54) is 43.5 Å². The minimum absolute atomic E-state index is 0.0920. The van der Waals surface area contributed by atoms with Crippen LogP contribution < -0.4 is 10.1 Å². The van der Waals surface area contributed by atoms with Crippen molar-refractivity contribution in [2.45, 2.75) is 32.4 Å². The van der Waals surface area contributed by atoms with Gasteiger partial charge < -0.3 is 10.1 Å². The number of hydrogen-bond acceptors (Lipinski definition) is 3. The molecule has 1 aliphatic heterocycles. The van der Waals surface area contributed by atoms with E-state index in [0.29, 0.717) is 6.54 Å². The van der Waals surface area contributed by atoms with Crippen LogP contribution in [0.25, 0.3) is 6.08 Å². The molecule has 142 valence electrons. The van der Waals surface area contributed by atoms with Crippen LogP contribution in [0, 0.1) is 0 Å². The molecule has 3 rings (SSSR count). The van der Waals surface area contributed by atoms with E-state index in [0.717, 1.165) is 17.9 Å². The molecule has 1 aliphatic rings. The first kappa shape index (κ1) is 19.2. The van der Waals surface area contributed by atoms with E-state index in [9.17, 15) is 4.79 Å². The molecular weight excluding hydrogens is 336 g/mol. The minimum atomic E-state index is -0.0920. The molecule has 0 atom stereocenters. The van der Waals surface area contributed by atoms with Crippen molar-refractivity contribution in [1.82, 2.24) is 10.2 Å². The number of nitrogens with one attached hydrogen (secondary N) is 1. The maximum atomic E-state index is 12.2. The number of ether oxygens (including phenoxy) is 1. The Bertz CT molecular complexity index is 779. The Hall–Kier alpha value is -2.59. The standard InChI is InChI=1S/C23H28N2O2/c1-27-22-11-7-8-19(16-22)12-13-23(26)24-17-20-9-3-4-10-21(20)18-25-14-5-2-6-15-25/h3-4,7-13,16H,2,5-6,14-15,17-18H2,1H3,(H,24,26)/b13-12+. The number of carbonyl (C=O) groups is 1. The summed E-state index contributed by atoms with van der Waals surface area (Å²) in [6.07, 6.45) is 7.29. The average molecular weight is 364 g/mol. The van der Waals surface area contributed by atoms with Gasteiger partial charge >= 0.3 is 0 Å². The second-order valence-electron chi connectivity index (χ2n) is 6.93. The average Bonchev–Trinajstić information content (AvgIpc) is 2.72. The van der Waals surface area contributed by atoms with Crippen molar-refractivity contribution in [2.24, 2.45) is 0 Å². The summed E-state index contributed by atoms with van der Waals surface area (Å²) in [4.78, 5) is 14.7. The quantitative estimate of drug-likeness (QED) is 0.755. The highest BCUT2D eigenvalue weighted by atomic mass is 16.5. The van der Waals surface area contributed by atoms with Crippen LogP contribution >= 0.6 is 0 Å².